The lowest BCUT2D eigenvalue weighted by molar-refractivity contribution is 0.0484. The summed E-state index contributed by atoms with van der Waals surface area (Å²) in [6, 6.07) is 4.58. The van der Waals surface area contributed by atoms with E-state index in [4.69, 9.17) is 4.74 Å². The zero-order valence-corrected chi connectivity index (χ0v) is 13.3. The first kappa shape index (κ1) is 16.0. The van der Waals surface area contributed by atoms with Crippen LogP contribution in [-0.4, -0.2) is 43.1 Å². The van der Waals surface area contributed by atoms with Gasteiger partial charge < -0.3 is 20.1 Å². The monoisotopic (exact) mass is 319 g/mol. The molecule has 0 amide bonds. The van der Waals surface area contributed by atoms with Crippen molar-refractivity contribution in [3.8, 4) is 5.75 Å². The van der Waals surface area contributed by atoms with Crippen LogP contribution in [0.4, 0.5) is 4.39 Å². The van der Waals surface area contributed by atoms with Crippen LogP contribution in [0.1, 0.15) is 12.5 Å². The number of hydrogen-bond acceptors (Lipinski definition) is 5. The van der Waals surface area contributed by atoms with E-state index in [2.05, 4.69) is 10.6 Å². The molecule has 0 spiro atoms. The molecule has 2 unspecified atom stereocenters. The molecule has 1 aromatic carbocycles. The molecule has 0 aliphatic carbocycles. The van der Waals surface area contributed by atoms with Crippen molar-refractivity contribution in [2.24, 2.45) is 0 Å². The predicted molar refractivity (Wildman–Crippen MR) is 86.2 cm³/mol. The third kappa shape index (κ3) is 2.97. The number of benzene rings is 1. The Bertz CT molecular complexity index is 639. The number of methoxy groups -OCH3 is 1. The SMILES string of the molecule is COc1cc(F)ccc1C1(CN2C=CC=C(C)C2O)CNCN1. The van der Waals surface area contributed by atoms with Gasteiger partial charge >= 0.3 is 0 Å². The normalized spacial score (nSPS) is 27.2. The number of halogens is 1. The molecule has 6 heteroatoms. The summed E-state index contributed by atoms with van der Waals surface area (Å²) in [4.78, 5) is 1.87. The van der Waals surface area contributed by atoms with Gasteiger partial charge in [-0.3, -0.25) is 5.32 Å². The maximum absolute atomic E-state index is 13.5. The Kier molecular flexibility index (Phi) is 4.39. The number of nitrogens with one attached hydrogen (secondary N) is 2. The molecule has 0 saturated carbocycles. The highest BCUT2D eigenvalue weighted by Gasteiger charge is 2.40. The maximum atomic E-state index is 13.5. The van der Waals surface area contributed by atoms with E-state index in [0.717, 1.165) is 11.1 Å². The van der Waals surface area contributed by atoms with Gasteiger partial charge in [0.05, 0.1) is 12.6 Å². The molecule has 2 aliphatic rings. The van der Waals surface area contributed by atoms with Crippen molar-refractivity contribution in [2.45, 2.75) is 18.7 Å². The first-order valence-electron chi connectivity index (χ1n) is 7.64. The van der Waals surface area contributed by atoms with Crippen LogP contribution in [-0.2, 0) is 5.54 Å². The molecule has 2 aliphatic heterocycles. The Hall–Kier alpha value is -1.89. The van der Waals surface area contributed by atoms with Gasteiger partial charge in [-0.1, -0.05) is 12.1 Å². The zero-order chi connectivity index (χ0) is 16.4. The first-order valence-corrected chi connectivity index (χ1v) is 7.64. The minimum Gasteiger partial charge on any atom is -0.496 e. The van der Waals surface area contributed by atoms with Crippen LogP contribution in [0.15, 0.2) is 42.1 Å². The lowest BCUT2D eigenvalue weighted by Gasteiger charge is -2.39. The topological polar surface area (TPSA) is 56.8 Å². The molecule has 23 heavy (non-hydrogen) atoms. The molecule has 3 N–H and O–H groups in total. The number of nitrogens with zero attached hydrogens (tertiary/aromatic N) is 1. The average molecular weight is 319 g/mol. The molecule has 0 bridgehead atoms. The van der Waals surface area contributed by atoms with Crippen molar-refractivity contribution in [2.75, 3.05) is 26.9 Å². The lowest BCUT2D eigenvalue weighted by Crippen LogP contribution is -2.51. The second kappa shape index (κ2) is 6.31. The highest BCUT2D eigenvalue weighted by molar-refractivity contribution is 5.41. The van der Waals surface area contributed by atoms with Gasteiger partial charge in [0.25, 0.3) is 0 Å². The van der Waals surface area contributed by atoms with Gasteiger partial charge in [-0.25, -0.2) is 4.39 Å². The fraction of sp³-hybridized carbons (Fsp3) is 0.412. The van der Waals surface area contributed by atoms with Gasteiger partial charge in [-0.2, -0.15) is 0 Å². The van der Waals surface area contributed by atoms with Crippen LogP contribution >= 0.6 is 0 Å². The molecule has 1 aromatic rings. The minimum absolute atomic E-state index is 0.330. The van der Waals surface area contributed by atoms with Crippen molar-refractivity contribution in [3.05, 3.63) is 53.5 Å². The fourth-order valence-electron chi connectivity index (χ4n) is 3.20. The Morgan fingerprint density at radius 3 is 3.00 bits per heavy atom. The van der Waals surface area contributed by atoms with E-state index >= 15 is 0 Å². The van der Waals surface area contributed by atoms with Crippen molar-refractivity contribution in [1.82, 2.24) is 15.5 Å². The van der Waals surface area contributed by atoms with Gasteiger partial charge in [-0.05, 0) is 24.6 Å². The summed E-state index contributed by atoms with van der Waals surface area (Å²) in [6.45, 7) is 3.73. The van der Waals surface area contributed by atoms with E-state index in [9.17, 15) is 9.50 Å². The molecule has 1 fully saturated rings. The Labute approximate surface area is 135 Å². The van der Waals surface area contributed by atoms with Crippen LogP contribution in [0.5, 0.6) is 5.75 Å². The highest BCUT2D eigenvalue weighted by Crippen LogP contribution is 2.34. The third-order valence-electron chi connectivity index (χ3n) is 4.47. The van der Waals surface area contributed by atoms with E-state index in [1.807, 2.05) is 30.2 Å². The number of aliphatic hydroxyl groups excluding tert-OH is 1. The molecule has 124 valence electrons. The van der Waals surface area contributed by atoms with Crippen molar-refractivity contribution in [3.63, 3.8) is 0 Å². The molecule has 0 radical (unpaired) electrons. The van der Waals surface area contributed by atoms with E-state index in [0.29, 0.717) is 25.5 Å². The summed E-state index contributed by atoms with van der Waals surface area (Å²) in [5.41, 5.74) is 1.29. The van der Waals surface area contributed by atoms with Gasteiger partial charge in [0, 0.05) is 37.6 Å². The molecule has 2 atom stereocenters. The summed E-state index contributed by atoms with van der Waals surface area (Å²) < 4.78 is 18.9. The van der Waals surface area contributed by atoms with Gasteiger partial charge in [0.15, 0.2) is 0 Å². The van der Waals surface area contributed by atoms with Crippen molar-refractivity contribution >= 4 is 0 Å². The second-order valence-corrected chi connectivity index (χ2v) is 6.01. The van der Waals surface area contributed by atoms with Crippen LogP contribution in [0.3, 0.4) is 0 Å². The molecule has 3 rings (SSSR count). The molecule has 5 nitrogen and oxygen atoms in total. The lowest BCUT2D eigenvalue weighted by atomic mass is 9.88. The number of rotatable bonds is 4. The van der Waals surface area contributed by atoms with Crippen LogP contribution in [0.2, 0.25) is 0 Å². The van der Waals surface area contributed by atoms with E-state index in [-0.39, 0.29) is 5.82 Å². The largest absolute Gasteiger partial charge is 0.496 e. The predicted octanol–water partition coefficient (Wildman–Crippen LogP) is 1.27. The molecular weight excluding hydrogens is 297 g/mol. The third-order valence-corrected chi connectivity index (χ3v) is 4.47. The summed E-state index contributed by atoms with van der Waals surface area (Å²) in [5, 5.41) is 17.1. The average Bonchev–Trinajstić information content (AvgIpc) is 3.01. The highest BCUT2D eigenvalue weighted by atomic mass is 19.1. The first-order chi connectivity index (χ1) is 11.1. The van der Waals surface area contributed by atoms with Gasteiger partial charge in [-0.15, -0.1) is 0 Å². The Morgan fingerprint density at radius 1 is 1.48 bits per heavy atom. The van der Waals surface area contributed by atoms with E-state index in [1.165, 1.54) is 19.2 Å². The maximum Gasteiger partial charge on any atom is 0.148 e. The number of ether oxygens (including phenoxy) is 1. The van der Waals surface area contributed by atoms with Crippen LogP contribution in [0.25, 0.3) is 0 Å². The molecule has 1 saturated heterocycles. The minimum atomic E-state index is -0.661. The summed E-state index contributed by atoms with van der Waals surface area (Å²) in [7, 11) is 1.54. The Balaban J connectivity index is 1.95. The fourth-order valence-corrected chi connectivity index (χ4v) is 3.20. The standard InChI is InChI=1S/C17H22FN3O2/c1-12-4-3-7-21(16(12)22)10-17(9-19-11-20-17)14-6-5-13(18)8-15(14)23-2/h3-8,16,19-20,22H,9-11H2,1-2H3. The summed E-state index contributed by atoms with van der Waals surface area (Å²) in [6.07, 6.45) is 5.02. The molecule has 2 heterocycles. The number of allylic oxidation sites excluding steroid dienone is 2. The smallest absolute Gasteiger partial charge is 0.148 e. The Morgan fingerprint density at radius 2 is 2.30 bits per heavy atom. The number of hydrogen-bond donors (Lipinski definition) is 3. The number of aliphatic hydroxyl groups is 1. The van der Waals surface area contributed by atoms with Gasteiger partial charge in [0.2, 0.25) is 0 Å². The van der Waals surface area contributed by atoms with E-state index < -0.39 is 11.8 Å². The van der Waals surface area contributed by atoms with Gasteiger partial charge in [0.1, 0.15) is 17.8 Å². The quantitative estimate of drug-likeness (QED) is 0.780. The van der Waals surface area contributed by atoms with Crippen molar-refractivity contribution in [1.29, 1.82) is 0 Å². The molecular formula is C17H22FN3O2. The second-order valence-electron chi connectivity index (χ2n) is 6.01. The van der Waals surface area contributed by atoms with Crippen molar-refractivity contribution < 1.29 is 14.2 Å². The summed E-state index contributed by atoms with van der Waals surface area (Å²) >= 11 is 0. The summed E-state index contributed by atoms with van der Waals surface area (Å²) in [5.74, 6) is 0.173. The van der Waals surface area contributed by atoms with Crippen LogP contribution < -0.4 is 15.4 Å². The zero-order valence-electron chi connectivity index (χ0n) is 13.3. The van der Waals surface area contributed by atoms with E-state index in [1.54, 1.807) is 6.07 Å². The van der Waals surface area contributed by atoms with Crippen LogP contribution in [0, 0.1) is 5.82 Å². The molecule has 0 aromatic heterocycles.